The third-order valence-electron chi connectivity index (χ3n) is 2.98. The van der Waals surface area contributed by atoms with Crippen LogP contribution >= 0.6 is 0 Å². The highest BCUT2D eigenvalue weighted by Gasteiger charge is 2.58. The molecular formula is C12H12O3. The van der Waals surface area contributed by atoms with Crippen molar-refractivity contribution in [1.82, 2.24) is 0 Å². The standard InChI is InChI=1S/C12H12O3/c1-2-14-12(13)10-9-7-5-3-4-6-8(7)15-11(9)10/h3-6,8,10-11H,2H2,1H3. The summed E-state index contributed by atoms with van der Waals surface area (Å²) in [6.45, 7) is 2.25. The van der Waals surface area contributed by atoms with Crippen molar-refractivity contribution in [3.05, 3.63) is 35.5 Å². The van der Waals surface area contributed by atoms with E-state index < -0.39 is 0 Å². The van der Waals surface area contributed by atoms with Gasteiger partial charge in [0, 0.05) is 0 Å². The number of esters is 1. The van der Waals surface area contributed by atoms with Crippen LogP contribution < -0.4 is 0 Å². The molecule has 1 saturated carbocycles. The fourth-order valence-corrected chi connectivity index (χ4v) is 2.28. The van der Waals surface area contributed by atoms with E-state index in [9.17, 15) is 4.79 Å². The summed E-state index contributed by atoms with van der Waals surface area (Å²) in [4.78, 5) is 11.5. The first-order chi connectivity index (χ1) is 7.33. The van der Waals surface area contributed by atoms with Crippen LogP contribution in [0.25, 0.3) is 0 Å². The Morgan fingerprint density at radius 3 is 3.20 bits per heavy atom. The Balaban J connectivity index is 1.83. The molecule has 0 aromatic heterocycles. The molecule has 0 saturated heterocycles. The number of carbonyl (C=O) groups is 1. The highest BCUT2D eigenvalue weighted by Crippen LogP contribution is 2.52. The first-order valence-corrected chi connectivity index (χ1v) is 5.24. The second-order valence-corrected chi connectivity index (χ2v) is 3.86. The quantitative estimate of drug-likeness (QED) is 0.637. The second-order valence-electron chi connectivity index (χ2n) is 3.86. The maximum absolute atomic E-state index is 11.5. The van der Waals surface area contributed by atoms with Gasteiger partial charge in [-0.2, -0.15) is 0 Å². The summed E-state index contributed by atoms with van der Waals surface area (Å²) >= 11 is 0. The van der Waals surface area contributed by atoms with E-state index in [1.54, 1.807) is 0 Å². The molecule has 0 amide bonds. The maximum atomic E-state index is 11.5. The summed E-state index contributed by atoms with van der Waals surface area (Å²) in [6, 6.07) is 0. The van der Waals surface area contributed by atoms with E-state index in [2.05, 4.69) is 0 Å². The van der Waals surface area contributed by atoms with Crippen molar-refractivity contribution in [3.63, 3.8) is 0 Å². The van der Waals surface area contributed by atoms with Crippen molar-refractivity contribution >= 4 is 5.97 Å². The number of carbonyl (C=O) groups excluding carboxylic acids is 1. The van der Waals surface area contributed by atoms with Crippen LogP contribution in [-0.4, -0.2) is 24.8 Å². The maximum Gasteiger partial charge on any atom is 0.316 e. The Hall–Kier alpha value is -1.35. The smallest absolute Gasteiger partial charge is 0.316 e. The van der Waals surface area contributed by atoms with Crippen molar-refractivity contribution in [1.29, 1.82) is 0 Å². The Kier molecular flexibility index (Phi) is 1.83. The summed E-state index contributed by atoms with van der Waals surface area (Å²) in [5.41, 5.74) is 2.28. The van der Waals surface area contributed by atoms with Gasteiger partial charge in [-0.15, -0.1) is 0 Å². The van der Waals surface area contributed by atoms with Crippen LogP contribution in [0.15, 0.2) is 35.5 Å². The fraction of sp³-hybridized carbons (Fsp3) is 0.417. The Morgan fingerprint density at radius 1 is 1.53 bits per heavy atom. The molecule has 3 aliphatic rings. The molecule has 3 unspecified atom stereocenters. The second kappa shape index (κ2) is 3.07. The lowest BCUT2D eigenvalue weighted by Crippen LogP contribution is -2.17. The van der Waals surface area contributed by atoms with Crippen LogP contribution in [0.1, 0.15) is 6.92 Å². The zero-order valence-electron chi connectivity index (χ0n) is 8.47. The minimum absolute atomic E-state index is 0.0172. The first-order valence-electron chi connectivity index (χ1n) is 5.24. The minimum Gasteiger partial charge on any atom is -0.465 e. The molecule has 0 spiro atoms. The van der Waals surface area contributed by atoms with Gasteiger partial charge in [-0.05, 0) is 18.1 Å². The lowest BCUT2D eigenvalue weighted by molar-refractivity contribution is -0.145. The van der Waals surface area contributed by atoms with Crippen molar-refractivity contribution in [2.24, 2.45) is 5.92 Å². The van der Waals surface area contributed by atoms with Crippen LogP contribution in [0, 0.1) is 5.92 Å². The number of allylic oxidation sites excluding steroid dienone is 2. The van der Waals surface area contributed by atoms with Crippen LogP contribution in [0.4, 0.5) is 0 Å². The fourth-order valence-electron chi connectivity index (χ4n) is 2.28. The summed E-state index contributed by atoms with van der Waals surface area (Å²) in [7, 11) is 0. The molecule has 0 aromatic rings. The predicted octanol–water partition coefficient (Wildman–Crippen LogP) is 1.37. The molecule has 1 aliphatic heterocycles. The van der Waals surface area contributed by atoms with Crippen molar-refractivity contribution < 1.29 is 14.3 Å². The molecule has 1 fully saturated rings. The van der Waals surface area contributed by atoms with Gasteiger partial charge in [-0.25, -0.2) is 0 Å². The van der Waals surface area contributed by atoms with E-state index in [0.29, 0.717) is 6.61 Å². The summed E-state index contributed by atoms with van der Waals surface area (Å²) in [6.07, 6.45) is 8.04. The van der Waals surface area contributed by atoms with Gasteiger partial charge in [0.2, 0.25) is 0 Å². The molecule has 0 N–H and O–H groups in total. The minimum atomic E-state index is -0.147. The van der Waals surface area contributed by atoms with E-state index in [-0.39, 0.29) is 24.1 Å². The van der Waals surface area contributed by atoms with E-state index in [4.69, 9.17) is 9.47 Å². The SMILES string of the molecule is CCOC(=O)C1C2=C3C=CC=CC3OC21. The third kappa shape index (κ3) is 1.20. The van der Waals surface area contributed by atoms with E-state index >= 15 is 0 Å². The molecule has 3 atom stereocenters. The zero-order valence-corrected chi connectivity index (χ0v) is 8.47. The number of hydrogen-bond acceptors (Lipinski definition) is 3. The van der Waals surface area contributed by atoms with Crippen molar-refractivity contribution in [3.8, 4) is 0 Å². The average molecular weight is 204 g/mol. The predicted molar refractivity (Wildman–Crippen MR) is 54.1 cm³/mol. The van der Waals surface area contributed by atoms with E-state index in [1.807, 2.05) is 31.2 Å². The molecule has 0 radical (unpaired) electrons. The van der Waals surface area contributed by atoms with E-state index in [1.165, 1.54) is 0 Å². The molecule has 78 valence electrons. The highest BCUT2D eigenvalue weighted by molar-refractivity contribution is 5.85. The van der Waals surface area contributed by atoms with Crippen LogP contribution in [0.3, 0.4) is 0 Å². The topological polar surface area (TPSA) is 35.5 Å². The lowest BCUT2D eigenvalue weighted by atomic mass is 10.0. The number of fused-ring (bicyclic) bond motifs is 2. The van der Waals surface area contributed by atoms with Gasteiger partial charge >= 0.3 is 5.97 Å². The van der Waals surface area contributed by atoms with Gasteiger partial charge in [-0.1, -0.05) is 24.3 Å². The van der Waals surface area contributed by atoms with Gasteiger partial charge in [0.25, 0.3) is 0 Å². The summed E-state index contributed by atoms with van der Waals surface area (Å²) in [5, 5.41) is 0. The Bertz CT molecular complexity index is 403. The molecule has 0 aromatic carbocycles. The normalized spacial score (nSPS) is 35.1. The van der Waals surface area contributed by atoms with Crippen LogP contribution in [-0.2, 0) is 14.3 Å². The zero-order chi connectivity index (χ0) is 10.4. The van der Waals surface area contributed by atoms with Gasteiger partial charge < -0.3 is 9.47 Å². The molecule has 15 heavy (non-hydrogen) atoms. The van der Waals surface area contributed by atoms with Crippen molar-refractivity contribution in [2.45, 2.75) is 19.1 Å². The molecule has 1 heterocycles. The van der Waals surface area contributed by atoms with Crippen LogP contribution in [0.2, 0.25) is 0 Å². The van der Waals surface area contributed by atoms with Crippen LogP contribution in [0.5, 0.6) is 0 Å². The Morgan fingerprint density at radius 2 is 2.40 bits per heavy atom. The van der Waals surface area contributed by atoms with E-state index in [0.717, 1.165) is 11.1 Å². The monoisotopic (exact) mass is 204 g/mol. The molecule has 3 rings (SSSR count). The van der Waals surface area contributed by atoms with Gasteiger partial charge in [0.05, 0.1) is 12.7 Å². The molecule has 2 aliphatic carbocycles. The molecular weight excluding hydrogens is 192 g/mol. The number of ether oxygens (including phenoxy) is 2. The van der Waals surface area contributed by atoms with Gasteiger partial charge in [0.15, 0.2) is 0 Å². The van der Waals surface area contributed by atoms with Gasteiger partial charge in [-0.3, -0.25) is 4.79 Å². The molecule has 3 heteroatoms. The average Bonchev–Trinajstić information content (AvgIpc) is 2.83. The third-order valence-corrected chi connectivity index (χ3v) is 2.98. The van der Waals surface area contributed by atoms with Gasteiger partial charge in [0.1, 0.15) is 12.0 Å². The van der Waals surface area contributed by atoms with Crippen molar-refractivity contribution in [2.75, 3.05) is 6.61 Å². The molecule has 3 nitrogen and oxygen atoms in total. The number of hydrogen-bond donors (Lipinski definition) is 0. The summed E-state index contributed by atoms with van der Waals surface area (Å²) in [5.74, 6) is -0.279. The summed E-state index contributed by atoms with van der Waals surface area (Å²) < 4.78 is 10.7. The number of rotatable bonds is 2. The largest absolute Gasteiger partial charge is 0.465 e. The lowest BCUT2D eigenvalue weighted by Gasteiger charge is -2.14. The highest BCUT2D eigenvalue weighted by atomic mass is 16.5. The Labute approximate surface area is 88.1 Å². The first kappa shape index (κ1) is 8.92. The molecule has 0 bridgehead atoms.